The van der Waals surface area contributed by atoms with Crippen LogP contribution >= 0.6 is 11.6 Å². The highest BCUT2D eigenvalue weighted by atomic mass is 35.5. The molecule has 0 aliphatic rings. The van der Waals surface area contributed by atoms with E-state index in [4.69, 9.17) is 11.6 Å². The zero-order chi connectivity index (χ0) is 13.8. The molecule has 2 aromatic rings. The van der Waals surface area contributed by atoms with E-state index in [-0.39, 0.29) is 18.8 Å². The van der Waals surface area contributed by atoms with Crippen LogP contribution in [0.5, 0.6) is 0 Å². The minimum atomic E-state index is -2.53. The molecule has 0 aromatic carbocycles. The standard InChI is InChI=1S/C12H11ClF2N2O2/c13-8-1-3-16-12-11(8)7(5-17-12)9(18)2-4-19-6-10(14)15/h1,3,5,10H,2,4,6H2,(H,16,17). The van der Waals surface area contributed by atoms with Gasteiger partial charge in [-0.15, -0.1) is 0 Å². The van der Waals surface area contributed by atoms with Crippen LogP contribution in [-0.2, 0) is 4.74 Å². The molecule has 0 fully saturated rings. The van der Waals surface area contributed by atoms with Crippen molar-refractivity contribution in [1.29, 1.82) is 0 Å². The zero-order valence-electron chi connectivity index (χ0n) is 9.83. The molecule has 2 aromatic heterocycles. The Bertz CT molecular complexity index is 586. The Morgan fingerprint density at radius 3 is 3.05 bits per heavy atom. The second-order valence-corrected chi connectivity index (χ2v) is 4.27. The third kappa shape index (κ3) is 3.27. The van der Waals surface area contributed by atoms with Gasteiger partial charge in [0, 0.05) is 29.8 Å². The van der Waals surface area contributed by atoms with E-state index in [2.05, 4.69) is 14.7 Å². The van der Waals surface area contributed by atoms with Crippen LogP contribution in [0.4, 0.5) is 8.78 Å². The number of fused-ring (bicyclic) bond motifs is 1. The molecule has 0 unspecified atom stereocenters. The number of Topliss-reactive ketones (excluding diaryl/α,β-unsaturated/α-hetero) is 1. The molecule has 0 radical (unpaired) electrons. The van der Waals surface area contributed by atoms with Crippen LogP contribution in [0.15, 0.2) is 18.5 Å². The molecule has 0 saturated carbocycles. The van der Waals surface area contributed by atoms with Crippen LogP contribution in [0.1, 0.15) is 16.8 Å². The number of aromatic nitrogens is 2. The maximum atomic E-state index is 11.9. The second kappa shape index (κ2) is 6.08. The molecule has 102 valence electrons. The number of halogens is 3. The Hall–Kier alpha value is -1.53. The van der Waals surface area contributed by atoms with Gasteiger partial charge in [-0.05, 0) is 6.07 Å². The zero-order valence-corrected chi connectivity index (χ0v) is 10.6. The molecule has 0 spiro atoms. The number of aromatic amines is 1. The third-order valence-corrected chi connectivity index (χ3v) is 2.86. The summed E-state index contributed by atoms with van der Waals surface area (Å²) in [6.45, 7) is -0.711. The van der Waals surface area contributed by atoms with Crippen LogP contribution in [-0.4, -0.2) is 35.4 Å². The summed E-state index contributed by atoms with van der Waals surface area (Å²) in [6, 6.07) is 1.59. The molecule has 0 atom stereocenters. The molecule has 2 rings (SSSR count). The van der Waals surface area contributed by atoms with E-state index in [0.717, 1.165) is 0 Å². The Kier molecular flexibility index (Phi) is 4.44. The van der Waals surface area contributed by atoms with E-state index < -0.39 is 13.0 Å². The van der Waals surface area contributed by atoms with Gasteiger partial charge in [-0.25, -0.2) is 13.8 Å². The predicted molar refractivity (Wildman–Crippen MR) is 66.9 cm³/mol. The molecule has 19 heavy (non-hydrogen) atoms. The highest BCUT2D eigenvalue weighted by Crippen LogP contribution is 2.25. The number of alkyl halides is 2. The number of ether oxygens (including phenoxy) is 1. The van der Waals surface area contributed by atoms with Crippen molar-refractivity contribution in [1.82, 2.24) is 9.97 Å². The van der Waals surface area contributed by atoms with Gasteiger partial charge in [-0.3, -0.25) is 4.79 Å². The van der Waals surface area contributed by atoms with Gasteiger partial charge in [-0.2, -0.15) is 0 Å². The molecular formula is C12H11ClF2N2O2. The van der Waals surface area contributed by atoms with E-state index in [1.807, 2.05) is 0 Å². The SMILES string of the molecule is O=C(CCOCC(F)F)c1c[nH]c2nccc(Cl)c12. The average Bonchev–Trinajstić information content (AvgIpc) is 2.79. The van der Waals surface area contributed by atoms with Gasteiger partial charge < -0.3 is 9.72 Å². The normalized spacial score (nSPS) is 11.4. The lowest BCUT2D eigenvalue weighted by molar-refractivity contribution is 0.0170. The Morgan fingerprint density at radius 1 is 1.53 bits per heavy atom. The Morgan fingerprint density at radius 2 is 2.32 bits per heavy atom. The minimum Gasteiger partial charge on any atom is -0.375 e. The van der Waals surface area contributed by atoms with Crippen LogP contribution in [0.25, 0.3) is 11.0 Å². The highest BCUT2D eigenvalue weighted by molar-refractivity contribution is 6.36. The van der Waals surface area contributed by atoms with Crippen molar-refractivity contribution in [2.24, 2.45) is 0 Å². The van der Waals surface area contributed by atoms with Crippen LogP contribution in [0.3, 0.4) is 0 Å². The molecular weight excluding hydrogens is 278 g/mol. The number of hydrogen-bond acceptors (Lipinski definition) is 3. The monoisotopic (exact) mass is 288 g/mol. The van der Waals surface area contributed by atoms with Crippen molar-refractivity contribution < 1.29 is 18.3 Å². The molecule has 7 heteroatoms. The molecule has 1 N–H and O–H groups in total. The van der Waals surface area contributed by atoms with Crippen LogP contribution in [0.2, 0.25) is 5.02 Å². The highest BCUT2D eigenvalue weighted by Gasteiger charge is 2.15. The summed E-state index contributed by atoms with van der Waals surface area (Å²) in [5.41, 5.74) is 0.915. The van der Waals surface area contributed by atoms with Gasteiger partial charge in [0.2, 0.25) is 0 Å². The molecule has 0 amide bonds. The van der Waals surface area contributed by atoms with E-state index in [1.54, 1.807) is 6.07 Å². The number of carbonyl (C=O) groups is 1. The van der Waals surface area contributed by atoms with Crippen molar-refractivity contribution in [2.75, 3.05) is 13.2 Å². The van der Waals surface area contributed by atoms with Crippen molar-refractivity contribution >= 4 is 28.4 Å². The first-order valence-corrected chi connectivity index (χ1v) is 5.98. The lowest BCUT2D eigenvalue weighted by atomic mass is 10.1. The van der Waals surface area contributed by atoms with Gasteiger partial charge in [0.25, 0.3) is 6.43 Å². The first-order chi connectivity index (χ1) is 9.09. The van der Waals surface area contributed by atoms with Gasteiger partial charge in [-0.1, -0.05) is 11.6 Å². The van der Waals surface area contributed by atoms with Crippen molar-refractivity contribution in [3.63, 3.8) is 0 Å². The summed E-state index contributed by atoms with van der Waals surface area (Å²) >= 11 is 6.01. The average molecular weight is 289 g/mol. The topological polar surface area (TPSA) is 55.0 Å². The van der Waals surface area contributed by atoms with Gasteiger partial charge in [0.05, 0.1) is 11.6 Å². The van der Waals surface area contributed by atoms with E-state index in [9.17, 15) is 13.6 Å². The van der Waals surface area contributed by atoms with Crippen molar-refractivity contribution in [3.05, 3.63) is 29.0 Å². The fourth-order valence-corrected chi connectivity index (χ4v) is 1.96. The number of pyridine rings is 1. The molecule has 0 aliphatic heterocycles. The summed E-state index contributed by atoms with van der Waals surface area (Å²) in [4.78, 5) is 18.8. The number of H-pyrrole nitrogens is 1. The lowest BCUT2D eigenvalue weighted by Gasteiger charge is -2.03. The largest absolute Gasteiger partial charge is 0.375 e. The fraction of sp³-hybridized carbons (Fsp3) is 0.333. The Labute approximate surface area is 112 Å². The summed E-state index contributed by atoms with van der Waals surface area (Å²) in [5, 5.41) is 0.964. The number of rotatable bonds is 6. The van der Waals surface area contributed by atoms with Gasteiger partial charge >= 0.3 is 0 Å². The van der Waals surface area contributed by atoms with Crippen molar-refractivity contribution in [2.45, 2.75) is 12.8 Å². The summed E-state index contributed by atoms with van der Waals surface area (Å²) in [6.07, 6.45) is 0.534. The smallest absolute Gasteiger partial charge is 0.261 e. The fourth-order valence-electron chi connectivity index (χ4n) is 1.71. The maximum absolute atomic E-state index is 11.9. The van der Waals surface area contributed by atoms with Crippen LogP contribution in [0, 0.1) is 0 Å². The second-order valence-electron chi connectivity index (χ2n) is 3.86. The lowest BCUT2D eigenvalue weighted by Crippen LogP contribution is -2.09. The molecule has 0 bridgehead atoms. The van der Waals surface area contributed by atoms with E-state index in [1.165, 1.54) is 12.4 Å². The van der Waals surface area contributed by atoms with E-state index >= 15 is 0 Å². The number of nitrogens with zero attached hydrogens (tertiary/aromatic N) is 1. The molecule has 4 nitrogen and oxygen atoms in total. The van der Waals surface area contributed by atoms with Gasteiger partial charge in [0.1, 0.15) is 12.3 Å². The summed E-state index contributed by atoms with van der Waals surface area (Å²) < 4.78 is 28.4. The number of hydrogen-bond donors (Lipinski definition) is 1. The van der Waals surface area contributed by atoms with Crippen LogP contribution < -0.4 is 0 Å². The predicted octanol–water partition coefficient (Wildman–Crippen LogP) is 3.07. The number of ketones is 1. The first-order valence-electron chi connectivity index (χ1n) is 5.60. The van der Waals surface area contributed by atoms with E-state index in [0.29, 0.717) is 21.6 Å². The number of nitrogens with one attached hydrogen (secondary N) is 1. The quantitative estimate of drug-likeness (QED) is 0.656. The molecule has 0 aliphatic carbocycles. The molecule has 2 heterocycles. The summed E-state index contributed by atoms with van der Waals surface area (Å²) in [7, 11) is 0. The number of carbonyl (C=O) groups excluding carboxylic acids is 1. The maximum Gasteiger partial charge on any atom is 0.261 e. The summed E-state index contributed by atoms with van der Waals surface area (Å²) in [5.74, 6) is -0.226. The first kappa shape index (κ1) is 13.9. The van der Waals surface area contributed by atoms with Crippen molar-refractivity contribution in [3.8, 4) is 0 Å². The third-order valence-electron chi connectivity index (χ3n) is 2.54. The molecule has 0 saturated heterocycles. The minimum absolute atomic E-state index is 0.0187. The Balaban J connectivity index is 2.05. The van der Waals surface area contributed by atoms with Gasteiger partial charge in [0.15, 0.2) is 5.78 Å².